The van der Waals surface area contributed by atoms with Gasteiger partial charge in [0.05, 0.1) is 21.8 Å². The smallest absolute Gasteiger partial charge is 0.111 e. The van der Waals surface area contributed by atoms with Gasteiger partial charge in [0.25, 0.3) is 0 Å². The van der Waals surface area contributed by atoms with Crippen molar-refractivity contribution in [1.82, 2.24) is 4.09 Å². The SMILES string of the molecule is CC1[C]=C(c2ccc(Br)cc2)N(Br)O1. The van der Waals surface area contributed by atoms with Crippen LogP contribution < -0.4 is 0 Å². The lowest BCUT2D eigenvalue weighted by Crippen LogP contribution is -2.07. The van der Waals surface area contributed by atoms with E-state index >= 15 is 0 Å². The van der Waals surface area contributed by atoms with Gasteiger partial charge in [0.1, 0.15) is 6.10 Å². The summed E-state index contributed by atoms with van der Waals surface area (Å²) in [4.78, 5) is 5.35. The van der Waals surface area contributed by atoms with Gasteiger partial charge in [-0.1, -0.05) is 28.1 Å². The second-order valence-corrected chi connectivity index (χ2v) is 4.55. The Labute approximate surface area is 100.0 Å². The highest BCUT2D eigenvalue weighted by molar-refractivity contribution is 9.10. The standard InChI is InChI=1S/C10H8Br2NO/c1-7-6-10(13(12)14-7)8-2-4-9(11)5-3-8/h2-5,7H,1H3. The van der Waals surface area contributed by atoms with E-state index < -0.39 is 0 Å². The van der Waals surface area contributed by atoms with Crippen LogP contribution in [-0.4, -0.2) is 10.2 Å². The molecule has 1 radical (unpaired) electrons. The van der Waals surface area contributed by atoms with Crippen LogP contribution in [0.4, 0.5) is 0 Å². The minimum Gasteiger partial charge on any atom is -0.255 e. The molecule has 0 amide bonds. The molecule has 1 unspecified atom stereocenters. The molecule has 0 aliphatic carbocycles. The van der Waals surface area contributed by atoms with E-state index in [1.54, 1.807) is 4.09 Å². The van der Waals surface area contributed by atoms with Crippen molar-refractivity contribution >= 4 is 37.8 Å². The predicted octanol–water partition coefficient (Wildman–Crippen LogP) is 3.54. The van der Waals surface area contributed by atoms with E-state index in [0.29, 0.717) is 0 Å². The summed E-state index contributed by atoms with van der Waals surface area (Å²) in [5.41, 5.74) is 2.00. The first-order valence-electron chi connectivity index (χ1n) is 4.19. The molecule has 1 aliphatic rings. The van der Waals surface area contributed by atoms with Crippen LogP contribution in [0, 0.1) is 6.08 Å². The molecule has 14 heavy (non-hydrogen) atoms. The normalized spacial score (nSPS) is 21.2. The summed E-state index contributed by atoms with van der Waals surface area (Å²) >= 11 is 6.69. The summed E-state index contributed by atoms with van der Waals surface area (Å²) in [5, 5.41) is 0. The number of rotatable bonds is 1. The van der Waals surface area contributed by atoms with Gasteiger partial charge in [-0.2, -0.15) is 4.09 Å². The lowest BCUT2D eigenvalue weighted by atomic mass is 10.1. The fourth-order valence-electron chi connectivity index (χ4n) is 1.25. The van der Waals surface area contributed by atoms with E-state index in [4.69, 9.17) is 4.84 Å². The Morgan fingerprint density at radius 2 is 2.00 bits per heavy atom. The molecule has 1 atom stereocenters. The Hall–Kier alpha value is -0.320. The van der Waals surface area contributed by atoms with Crippen LogP contribution in [0.3, 0.4) is 0 Å². The third-order valence-electron chi connectivity index (χ3n) is 1.88. The molecule has 73 valence electrons. The Bertz CT molecular complexity index is 361. The molecule has 4 heteroatoms. The number of hydrogen-bond acceptors (Lipinski definition) is 2. The monoisotopic (exact) mass is 316 g/mol. The van der Waals surface area contributed by atoms with Gasteiger partial charge in [-0.25, -0.2) is 0 Å². The third kappa shape index (κ3) is 2.02. The van der Waals surface area contributed by atoms with Crippen LogP contribution in [0.2, 0.25) is 0 Å². The number of hydrogen-bond donors (Lipinski definition) is 0. The van der Waals surface area contributed by atoms with E-state index in [1.165, 1.54) is 0 Å². The average Bonchev–Trinajstić information content (AvgIpc) is 2.47. The first-order chi connectivity index (χ1) is 6.66. The van der Waals surface area contributed by atoms with Gasteiger partial charge in [-0.3, -0.25) is 4.84 Å². The Morgan fingerprint density at radius 1 is 1.36 bits per heavy atom. The van der Waals surface area contributed by atoms with Crippen LogP contribution in [0.1, 0.15) is 12.5 Å². The van der Waals surface area contributed by atoms with Crippen LogP contribution in [0.15, 0.2) is 28.7 Å². The topological polar surface area (TPSA) is 12.5 Å². The highest BCUT2D eigenvalue weighted by atomic mass is 79.9. The molecule has 0 fully saturated rings. The quantitative estimate of drug-likeness (QED) is 0.735. The number of benzene rings is 1. The van der Waals surface area contributed by atoms with E-state index in [2.05, 4.69) is 38.2 Å². The van der Waals surface area contributed by atoms with E-state index in [0.717, 1.165) is 15.7 Å². The van der Waals surface area contributed by atoms with Crippen molar-refractivity contribution in [3.8, 4) is 0 Å². The van der Waals surface area contributed by atoms with Crippen molar-refractivity contribution in [1.29, 1.82) is 0 Å². The van der Waals surface area contributed by atoms with Gasteiger partial charge in [0.15, 0.2) is 0 Å². The molecule has 0 spiro atoms. The van der Waals surface area contributed by atoms with Crippen molar-refractivity contribution < 1.29 is 4.84 Å². The molecule has 2 nitrogen and oxygen atoms in total. The fourth-order valence-corrected chi connectivity index (χ4v) is 2.08. The van der Waals surface area contributed by atoms with Gasteiger partial charge >= 0.3 is 0 Å². The third-order valence-corrected chi connectivity index (χ3v) is 2.93. The van der Waals surface area contributed by atoms with Gasteiger partial charge < -0.3 is 0 Å². The Balaban J connectivity index is 2.31. The number of halogens is 2. The molecule has 2 rings (SSSR count). The summed E-state index contributed by atoms with van der Waals surface area (Å²) in [7, 11) is 0. The second-order valence-electron chi connectivity index (χ2n) is 2.99. The van der Waals surface area contributed by atoms with Gasteiger partial charge in [-0.05, 0) is 19.1 Å². The molecule has 0 bridgehead atoms. The van der Waals surface area contributed by atoms with Crippen LogP contribution >= 0.6 is 32.1 Å². The van der Waals surface area contributed by atoms with E-state index in [1.807, 2.05) is 31.2 Å². The molecule has 0 N–H and O–H groups in total. The summed E-state index contributed by atoms with van der Waals surface area (Å²) in [5.74, 6) is 0. The maximum Gasteiger partial charge on any atom is 0.111 e. The molecular weight excluding hydrogens is 310 g/mol. The number of hydroxylamine groups is 1. The van der Waals surface area contributed by atoms with Gasteiger partial charge in [-0.15, -0.1) is 0 Å². The lowest BCUT2D eigenvalue weighted by molar-refractivity contribution is -0.0323. The van der Waals surface area contributed by atoms with Crippen molar-refractivity contribution in [2.75, 3.05) is 0 Å². The fraction of sp³-hybridized carbons (Fsp3) is 0.200. The van der Waals surface area contributed by atoms with Crippen LogP contribution in [0.25, 0.3) is 5.70 Å². The highest BCUT2D eigenvalue weighted by Gasteiger charge is 2.21. The van der Waals surface area contributed by atoms with Gasteiger partial charge in [0.2, 0.25) is 0 Å². The molecule has 1 heterocycles. The molecule has 1 aromatic carbocycles. The molecular formula is C10H8Br2NO. The summed E-state index contributed by atoms with van der Waals surface area (Å²) in [6.07, 6.45) is 3.19. The first-order valence-corrected chi connectivity index (χ1v) is 5.69. The van der Waals surface area contributed by atoms with Crippen LogP contribution in [0.5, 0.6) is 0 Å². The molecule has 1 aromatic rings. The molecule has 0 saturated carbocycles. The maximum atomic E-state index is 5.35. The zero-order valence-corrected chi connectivity index (χ0v) is 10.7. The van der Waals surface area contributed by atoms with Crippen LogP contribution in [-0.2, 0) is 4.84 Å². The predicted molar refractivity (Wildman–Crippen MR) is 62.1 cm³/mol. The second kappa shape index (κ2) is 4.04. The minimum atomic E-state index is -0.00646. The largest absolute Gasteiger partial charge is 0.255 e. The molecule has 0 aromatic heterocycles. The van der Waals surface area contributed by atoms with Crippen molar-refractivity contribution in [3.05, 3.63) is 40.4 Å². The molecule has 0 saturated heterocycles. The Morgan fingerprint density at radius 3 is 2.50 bits per heavy atom. The van der Waals surface area contributed by atoms with E-state index in [9.17, 15) is 0 Å². The first kappa shape index (κ1) is 10.2. The highest BCUT2D eigenvalue weighted by Crippen LogP contribution is 2.30. The molecule has 1 aliphatic heterocycles. The van der Waals surface area contributed by atoms with Gasteiger partial charge in [0, 0.05) is 16.1 Å². The van der Waals surface area contributed by atoms with Crippen molar-refractivity contribution in [3.63, 3.8) is 0 Å². The van der Waals surface area contributed by atoms with Crippen molar-refractivity contribution in [2.24, 2.45) is 0 Å². The average molecular weight is 318 g/mol. The number of nitrogens with zero attached hydrogens (tertiary/aromatic N) is 1. The van der Waals surface area contributed by atoms with E-state index in [-0.39, 0.29) is 6.10 Å². The zero-order valence-electron chi connectivity index (χ0n) is 7.50. The maximum absolute atomic E-state index is 5.35. The summed E-state index contributed by atoms with van der Waals surface area (Å²) in [6, 6.07) is 8.02. The minimum absolute atomic E-state index is 0.00646. The zero-order chi connectivity index (χ0) is 10.1. The summed E-state index contributed by atoms with van der Waals surface area (Å²) < 4.78 is 2.64. The summed E-state index contributed by atoms with van der Waals surface area (Å²) in [6.45, 7) is 1.94. The van der Waals surface area contributed by atoms with Crippen molar-refractivity contribution in [2.45, 2.75) is 13.0 Å². The lowest BCUT2D eigenvalue weighted by Gasteiger charge is -2.12. The Kier molecular flexibility index (Phi) is 2.95.